The summed E-state index contributed by atoms with van der Waals surface area (Å²) in [6.45, 7) is 13.3. The summed E-state index contributed by atoms with van der Waals surface area (Å²) < 4.78 is 18.6. The molecule has 1 saturated carbocycles. The van der Waals surface area contributed by atoms with Crippen molar-refractivity contribution in [3.8, 4) is 0 Å². The van der Waals surface area contributed by atoms with Crippen molar-refractivity contribution in [2.45, 2.75) is 97.1 Å². The number of carbonyl (C=O) groups is 2. The van der Waals surface area contributed by atoms with Crippen LogP contribution in [-0.4, -0.2) is 66.9 Å². The maximum Gasteiger partial charge on any atom is 0.308 e. The van der Waals surface area contributed by atoms with Crippen molar-refractivity contribution >= 4 is 17.6 Å². The van der Waals surface area contributed by atoms with Gasteiger partial charge in [0, 0.05) is 56.5 Å². The third-order valence-electron chi connectivity index (χ3n) is 10.2. The number of anilines is 1. The highest BCUT2D eigenvalue weighted by atomic mass is 17.3. The molecule has 220 valence electrons. The second kappa shape index (κ2) is 10.6. The van der Waals surface area contributed by atoms with E-state index in [1.54, 1.807) is 0 Å². The summed E-state index contributed by atoms with van der Waals surface area (Å²) in [5.41, 5.74) is 3.02. The van der Waals surface area contributed by atoms with Crippen LogP contribution < -0.4 is 4.90 Å². The van der Waals surface area contributed by atoms with Crippen molar-refractivity contribution in [1.29, 1.82) is 0 Å². The predicted molar refractivity (Wildman–Crippen MR) is 147 cm³/mol. The Morgan fingerprint density at radius 3 is 2.55 bits per heavy atom. The molecule has 1 aliphatic carbocycles. The Balaban J connectivity index is 1.04. The van der Waals surface area contributed by atoms with Gasteiger partial charge in [0.05, 0.1) is 6.42 Å². The second-order valence-electron chi connectivity index (χ2n) is 12.9. The lowest BCUT2D eigenvalue weighted by Crippen LogP contribution is -2.70. The monoisotopic (exact) mass is 556 g/mol. The normalized spacial score (nSPS) is 38.9. The second-order valence-corrected chi connectivity index (χ2v) is 12.9. The van der Waals surface area contributed by atoms with Gasteiger partial charge in [0.25, 0.3) is 0 Å². The zero-order valence-electron chi connectivity index (χ0n) is 24.5. The Morgan fingerprint density at radius 1 is 1.00 bits per heavy atom. The largest absolute Gasteiger partial charge is 0.435 e. The van der Waals surface area contributed by atoms with Crippen LogP contribution in [0.25, 0.3) is 0 Å². The minimum absolute atomic E-state index is 0.0128. The summed E-state index contributed by atoms with van der Waals surface area (Å²) in [5.74, 6) is -0.579. The van der Waals surface area contributed by atoms with Crippen LogP contribution in [0, 0.1) is 37.5 Å². The molecule has 40 heavy (non-hydrogen) atoms. The highest BCUT2D eigenvalue weighted by Crippen LogP contribution is 2.60. The maximum atomic E-state index is 13.0. The lowest BCUT2D eigenvalue weighted by atomic mass is 9.58. The summed E-state index contributed by atoms with van der Waals surface area (Å²) in [5, 5.41) is 0. The summed E-state index contributed by atoms with van der Waals surface area (Å²) in [4.78, 5) is 42.1. The number of fused-ring (bicyclic) bond motifs is 2. The van der Waals surface area contributed by atoms with Gasteiger partial charge in [-0.1, -0.05) is 26.0 Å². The van der Waals surface area contributed by atoms with Crippen molar-refractivity contribution in [3.05, 3.63) is 29.3 Å². The van der Waals surface area contributed by atoms with E-state index in [2.05, 4.69) is 50.8 Å². The van der Waals surface area contributed by atoms with E-state index in [0.717, 1.165) is 38.8 Å². The quantitative estimate of drug-likeness (QED) is 0.388. The van der Waals surface area contributed by atoms with Crippen LogP contribution >= 0.6 is 0 Å². The molecule has 0 radical (unpaired) electrons. The molecular formula is C31H44N2O7. The van der Waals surface area contributed by atoms with Crippen molar-refractivity contribution in [3.63, 3.8) is 0 Å². The first-order valence-corrected chi connectivity index (χ1v) is 15.1. The number of piperazine rings is 1. The average Bonchev–Trinajstić information content (AvgIpc) is 3.17. The Labute approximate surface area is 237 Å². The predicted octanol–water partition coefficient (Wildman–Crippen LogP) is 4.48. The topological polar surface area (TPSA) is 86.8 Å². The van der Waals surface area contributed by atoms with Gasteiger partial charge in [-0.05, 0) is 69.1 Å². The molecular weight excluding hydrogens is 512 g/mol. The number of aryl methyl sites for hydroxylation is 2. The molecule has 7 rings (SSSR count). The summed E-state index contributed by atoms with van der Waals surface area (Å²) in [6.07, 6.45) is 2.46. The molecule has 5 saturated heterocycles. The molecule has 1 amide bonds. The van der Waals surface area contributed by atoms with E-state index in [1.807, 2.05) is 11.8 Å². The molecule has 1 aromatic rings. The van der Waals surface area contributed by atoms with Crippen LogP contribution in [0.2, 0.25) is 0 Å². The summed E-state index contributed by atoms with van der Waals surface area (Å²) >= 11 is 0. The van der Waals surface area contributed by atoms with Crippen LogP contribution in [0.5, 0.6) is 0 Å². The van der Waals surface area contributed by atoms with Crippen LogP contribution in [0.3, 0.4) is 0 Å². The third-order valence-corrected chi connectivity index (χ3v) is 10.2. The van der Waals surface area contributed by atoms with Crippen LogP contribution in [0.15, 0.2) is 18.2 Å². The molecule has 0 N–H and O–H groups in total. The minimum atomic E-state index is -0.874. The molecule has 6 fully saturated rings. The Bertz CT molecular complexity index is 1140. The minimum Gasteiger partial charge on any atom is -0.435 e. The van der Waals surface area contributed by atoms with E-state index in [4.69, 9.17) is 24.0 Å². The Morgan fingerprint density at radius 2 is 1.77 bits per heavy atom. The average molecular weight is 557 g/mol. The number of amides is 1. The van der Waals surface area contributed by atoms with Gasteiger partial charge in [0.2, 0.25) is 18.0 Å². The molecule has 5 heterocycles. The van der Waals surface area contributed by atoms with Gasteiger partial charge in [0.1, 0.15) is 0 Å². The van der Waals surface area contributed by atoms with Gasteiger partial charge in [-0.2, -0.15) is 0 Å². The first-order valence-electron chi connectivity index (χ1n) is 15.1. The SMILES string of the molecule is Cc1ccc(C)c(N2CCN(C(=O)CCC(=O)OC3OC4OC5(C)CCC6C(C)CCC(C3C)C46OO5)CC2)c1. The van der Waals surface area contributed by atoms with E-state index in [-0.39, 0.29) is 36.5 Å². The van der Waals surface area contributed by atoms with Crippen LogP contribution in [0.4, 0.5) is 5.69 Å². The number of benzene rings is 1. The molecule has 2 bridgehead atoms. The molecule has 0 aromatic heterocycles. The van der Waals surface area contributed by atoms with Crippen molar-refractivity contribution in [2.75, 3.05) is 31.1 Å². The molecule has 1 aromatic carbocycles. The first-order chi connectivity index (χ1) is 19.1. The molecule has 9 heteroatoms. The lowest BCUT2D eigenvalue weighted by molar-refractivity contribution is -0.576. The standard InChI is InChI=1S/C31H44N2O7/c1-19-6-7-21(3)25(18-19)32-14-16-33(17-15-32)26(34)10-11-27(35)36-28-22(4)24-9-8-20(2)23-12-13-30(5)38-29(37-28)31(23,24)40-39-30/h6-7,18,20,22-24,28-29H,8-17H2,1-5H3. The van der Waals surface area contributed by atoms with E-state index >= 15 is 0 Å². The van der Waals surface area contributed by atoms with Gasteiger partial charge >= 0.3 is 5.97 Å². The molecule has 8 unspecified atom stereocenters. The van der Waals surface area contributed by atoms with Gasteiger partial charge in [0.15, 0.2) is 11.9 Å². The molecule has 6 aliphatic rings. The number of rotatable bonds is 5. The van der Waals surface area contributed by atoms with Gasteiger partial charge < -0.3 is 24.0 Å². The fraction of sp³-hybridized carbons (Fsp3) is 0.742. The van der Waals surface area contributed by atoms with Crippen molar-refractivity contribution < 1.29 is 33.6 Å². The van der Waals surface area contributed by atoms with Crippen LogP contribution in [-0.2, 0) is 33.6 Å². The fourth-order valence-corrected chi connectivity index (χ4v) is 7.82. The van der Waals surface area contributed by atoms with E-state index in [1.165, 1.54) is 16.8 Å². The van der Waals surface area contributed by atoms with Crippen LogP contribution in [0.1, 0.15) is 70.4 Å². The number of nitrogens with zero attached hydrogens (tertiary/aromatic N) is 2. The zero-order chi connectivity index (χ0) is 28.2. The Hall–Kier alpha value is -2.20. The lowest BCUT2D eigenvalue weighted by Gasteiger charge is -2.59. The zero-order valence-corrected chi connectivity index (χ0v) is 24.5. The third kappa shape index (κ3) is 4.82. The number of hydrogen-bond donors (Lipinski definition) is 0. The fourth-order valence-electron chi connectivity index (χ4n) is 7.82. The van der Waals surface area contributed by atoms with E-state index in [9.17, 15) is 9.59 Å². The maximum absolute atomic E-state index is 13.0. The van der Waals surface area contributed by atoms with Gasteiger partial charge in [-0.15, -0.1) is 0 Å². The summed E-state index contributed by atoms with van der Waals surface area (Å²) in [6, 6.07) is 6.47. The molecule has 8 atom stereocenters. The number of esters is 1. The van der Waals surface area contributed by atoms with Gasteiger partial charge in [-0.3, -0.25) is 9.59 Å². The highest BCUT2D eigenvalue weighted by Gasteiger charge is 2.69. The number of ether oxygens (including phenoxy) is 3. The van der Waals surface area contributed by atoms with Crippen molar-refractivity contribution in [1.82, 2.24) is 4.90 Å². The molecule has 9 nitrogen and oxygen atoms in total. The molecule has 5 aliphatic heterocycles. The summed E-state index contributed by atoms with van der Waals surface area (Å²) in [7, 11) is 0. The highest BCUT2D eigenvalue weighted by molar-refractivity contribution is 5.81. The number of carbonyl (C=O) groups excluding carboxylic acids is 2. The van der Waals surface area contributed by atoms with Crippen molar-refractivity contribution in [2.24, 2.45) is 23.7 Å². The number of hydrogen-bond acceptors (Lipinski definition) is 8. The molecule has 1 spiro atoms. The van der Waals surface area contributed by atoms with E-state index in [0.29, 0.717) is 19.0 Å². The smallest absolute Gasteiger partial charge is 0.308 e. The van der Waals surface area contributed by atoms with Gasteiger partial charge in [-0.25, -0.2) is 9.78 Å². The Kier molecular flexibility index (Phi) is 7.38. The van der Waals surface area contributed by atoms with E-state index < -0.39 is 29.9 Å². The first kappa shape index (κ1) is 27.9.